The zero-order chi connectivity index (χ0) is 8.97. The van der Waals surface area contributed by atoms with Gasteiger partial charge in [-0.3, -0.25) is 4.79 Å². The number of benzene rings is 1. The number of carbonyl (C=O) groups is 1. The van der Waals surface area contributed by atoms with Crippen molar-refractivity contribution < 1.29 is 4.79 Å². The molecule has 0 aliphatic carbocycles. The maximum absolute atomic E-state index is 10.7. The van der Waals surface area contributed by atoms with E-state index in [2.05, 4.69) is 0 Å². The van der Waals surface area contributed by atoms with E-state index in [0.29, 0.717) is 5.56 Å². The minimum absolute atomic E-state index is 0.608. The summed E-state index contributed by atoms with van der Waals surface area (Å²) in [6.45, 7) is 0. The highest BCUT2D eigenvalue weighted by molar-refractivity contribution is 5.84. The van der Waals surface area contributed by atoms with Gasteiger partial charge in [0.2, 0.25) is 5.91 Å². The molecule has 12 heavy (non-hydrogen) atoms. The molecule has 0 saturated heterocycles. The first-order chi connectivity index (χ1) is 5.75. The molecule has 1 atom stereocenters. The van der Waals surface area contributed by atoms with Crippen LogP contribution in [0, 0.1) is 11.3 Å². The zero-order valence-electron chi connectivity index (χ0n) is 6.40. The van der Waals surface area contributed by atoms with Crippen LogP contribution in [0.15, 0.2) is 30.3 Å². The van der Waals surface area contributed by atoms with Crippen LogP contribution in [-0.2, 0) is 4.79 Å². The number of rotatable bonds is 2. The van der Waals surface area contributed by atoms with Crippen LogP contribution in [0.5, 0.6) is 0 Å². The molecule has 1 rings (SSSR count). The topological polar surface area (TPSA) is 66.9 Å². The highest BCUT2D eigenvalue weighted by Crippen LogP contribution is 2.12. The second-order valence-electron chi connectivity index (χ2n) is 2.38. The first kappa shape index (κ1) is 8.28. The molecule has 0 heterocycles. The Bertz CT molecular complexity index is 313. The molecular formula is C9H8N2O. The Kier molecular flexibility index (Phi) is 2.44. The van der Waals surface area contributed by atoms with E-state index in [4.69, 9.17) is 11.0 Å². The van der Waals surface area contributed by atoms with Gasteiger partial charge in [-0.15, -0.1) is 0 Å². The number of amides is 1. The molecule has 1 aromatic rings. The standard InChI is InChI=1S/C9H8N2O/c10-6-8(9(11)12)7-4-2-1-3-5-7/h1-5,8H,(H2,11,12). The molecule has 1 amide bonds. The fourth-order valence-corrected chi connectivity index (χ4v) is 0.948. The SMILES string of the molecule is N#CC(C(N)=O)c1ccccc1. The van der Waals surface area contributed by atoms with Crippen molar-refractivity contribution >= 4 is 5.91 Å². The molecule has 0 aromatic heterocycles. The van der Waals surface area contributed by atoms with Crippen LogP contribution in [0.4, 0.5) is 0 Å². The van der Waals surface area contributed by atoms with Crippen LogP contribution in [0.2, 0.25) is 0 Å². The summed E-state index contributed by atoms with van der Waals surface area (Å²) in [7, 11) is 0. The van der Waals surface area contributed by atoms with Gasteiger partial charge in [-0.25, -0.2) is 0 Å². The van der Waals surface area contributed by atoms with Crippen molar-refractivity contribution in [1.82, 2.24) is 0 Å². The Balaban J connectivity index is 2.98. The summed E-state index contributed by atoms with van der Waals surface area (Å²) in [4.78, 5) is 10.7. The number of hydrogen-bond donors (Lipinski definition) is 1. The van der Waals surface area contributed by atoms with E-state index >= 15 is 0 Å². The third-order valence-corrected chi connectivity index (χ3v) is 1.55. The van der Waals surface area contributed by atoms with E-state index < -0.39 is 11.8 Å². The van der Waals surface area contributed by atoms with Crippen LogP contribution >= 0.6 is 0 Å². The quantitative estimate of drug-likeness (QED) is 0.694. The molecule has 0 aliphatic rings. The molecule has 3 nitrogen and oxygen atoms in total. The van der Waals surface area contributed by atoms with E-state index in [1.165, 1.54) is 0 Å². The van der Waals surface area contributed by atoms with E-state index in [1.807, 2.05) is 12.1 Å². The van der Waals surface area contributed by atoms with Gasteiger partial charge in [0.05, 0.1) is 6.07 Å². The fourth-order valence-electron chi connectivity index (χ4n) is 0.948. The Morgan fingerprint density at radius 3 is 2.42 bits per heavy atom. The summed E-state index contributed by atoms with van der Waals surface area (Å²) < 4.78 is 0. The number of nitrogens with zero attached hydrogens (tertiary/aromatic N) is 1. The molecule has 3 heteroatoms. The maximum Gasteiger partial charge on any atom is 0.239 e. The molecule has 0 spiro atoms. The highest BCUT2D eigenvalue weighted by atomic mass is 16.1. The third kappa shape index (κ3) is 1.61. The molecule has 1 aromatic carbocycles. The molecule has 2 N–H and O–H groups in total. The largest absolute Gasteiger partial charge is 0.368 e. The summed E-state index contributed by atoms with van der Waals surface area (Å²) in [5.41, 5.74) is 5.66. The van der Waals surface area contributed by atoms with E-state index in [9.17, 15) is 4.79 Å². The minimum Gasteiger partial charge on any atom is -0.368 e. The van der Waals surface area contributed by atoms with Gasteiger partial charge >= 0.3 is 0 Å². The normalized spacial score (nSPS) is 11.6. The summed E-state index contributed by atoms with van der Waals surface area (Å²) >= 11 is 0. The summed E-state index contributed by atoms with van der Waals surface area (Å²) in [6, 6.07) is 10.6. The first-order valence-corrected chi connectivity index (χ1v) is 3.49. The van der Waals surface area contributed by atoms with Gasteiger partial charge in [0.1, 0.15) is 5.92 Å². The van der Waals surface area contributed by atoms with Crippen LogP contribution in [0.1, 0.15) is 11.5 Å². The van der Waals surface area contributed by atoms with Crippen molar-refractivity contribution in [1.29, 1.82) is 5.26 Å². The number of hydrogen-bond acceptors (Lipinski definition) is 2. The molecule has 0 aliphatic heterocycles. The Morgan fingerprint density at radius 2 is 2.00 bits per heavy atom. The van der Waals surface area contributed by atoms with Gasteiger partial charge in [0, 0.05) is 0 Å². The predicted molar refractivity (Wildman–Crippen MR) is 44.0 cm³/mol. The summed E-state index contributed by atoms with van der Waals surface area (Å²) in [5, 5.41) is 8.60. The minimum atomic E-state index is -0.828. The molecule has 1 unspecified atom stereocenters. The number of primary amides is 1. The molecular weight excluding hydrogens is 152 g/mol. The molecule has 0 saturated carbocycles. The lowest BCUT2D eigenvalue weighted by atomic mass is 10.0. The van der Waals surface area contributed by atoms with Crippen molar-refractivity contribution in [2.24, 2.45) is 5.73 Å². The average Bonchev–Trinajstić information content (AvgIpc) is 2.07. The third-order valence-electron chi connectivity index (χ3n) is 1.55. The number of carbonyl (C=O) groups excluding carboxylic acids is 1. The van der Waals surface area contributed by atoms with Crippen LogP contribution in [-0.4, -0.2) is 5.91 Å². The van der Waals surface area contributed by atoms with Gasteiger partial charge in [-0.1, -0.05) is 30.3 Å². The molecule has 60 valence electrons. The lowest BCUT2D eigenvalue weighted by molar-refractivity contribution is -0.118. The highest BCUT2D eigenvalue weighted by Gasteiger charge is 2.15. The van der Waals surface area contributed by atoms with Crippen molar-refractivity contribution in [3.8, 4) is 6.07 Å². The molecule has 0 bridgehead atoms. The average molecular weight is 160 g/mol. The Labute approximate surface area is 70.4 Å². The smallest absolute Gasteiger partial charge is 0.239 e. The summed E-state index contributed by atoms with van der Waals surface area (Å²) in [5.74, 6) is -1.44. The van der Waals surface area contributed by atoms with Crippen LogP contribution in [0.25, 0.3) is 0 Å². The van der Waals surface area contributed by atoms with Crippen LogP contribution < -0.4 is 5.73 Å². The fraction of sp³-hybridized carbons (Fsp3) is 0.111. The van der Waals surface area contributed by atoms with Crippen molar-refractivity contribution in [3.63, 3.8) is 0 Å². The van der Waals surface area contributed by atoms with Crippen LogP contribution in [0.3, 0.4) is 0 Å². The maximum atomic E-state index is 10.7. The van der Waals surface area contributed by atoms with E-state index in [0.717, 1.165) is 0 Å². The van der Waals surface area contributed by atoms with Crippen molar-refractivity contribution in [3.05, 3.63) is 35.9 Å². The zero-order valence-corrected chi connectivity index (χ0v) is 6.40. The van der Waals surface area contributed by atoms with Gasteiger partial charge in [0.25, 0.3) is 0 Å². The van der Waals surface area contributed by atoms with E-state index in [1.54, 1.807) is 24.3 Å². The van der Waals surface area contributed by atoms with E-state index in [-0.39, 0.29) is 0 Å². The first-order valence-electron chi connectivity index (χ1n) is 3.49. The second-order valence-corrected chi connectivity index (χ2v) is 2.38. The van der Waals surface area contributed by atoms with Gasteiger partial charge < -0.3 is 5.73 Å². The van der Waals surface area contributed by atoms with Gasteiger partial charge in [-0.2, -0.15) is 5.26 Å². The Morgan fingerprint density at radius 1 is 1.42 bits per heavy atom. The second kappa shape index (κ2) is 3.54. The Hall–Kier alpha value is -1.82. The number of nitrogens with two attached hydrogens (primary N) is 1. The number of nitriles is 1. The molecule has 0 radical (unpaired) electrons. The van der Waals surface area contributed by atoms with Crippen molar-refractivity contribution in [2.45, 2.75) is 5.92 Å². The predicted octanol–water partition coefficient (Wildman–Crippen LogP) is 0.779. The molecule has 0 fully saturated rings. The lowest BCUT2D eigenvalue weighted by Gasteiger charge is -2.02. The van der Waals surface area contributed by atoms with Crippen molar-refractivity contribution in [2.75, 3.05) is 0 Å². The monoisotopic (exact) mass is 160 g/mol. The van der Waals surface area contributed by atoms with Gasteiger partial charge in [0.15, 0.2) is 0 Å². The summed E-state index contributed by atoms with van der Waals surface area (Å²) in [6.07, 6.45) is 0. The van der Waals surface area contributed by atoms with Gasteiger partial charge in [-0.05, 0) is 5.56 Å². The lowest BCUT2D eigenvalue weighted by Crippen LogP contribution is -2.19.